The molecule has 1 aliphatic rings. The molecular formula is C15H23BrO2. The first-order chi connectivity index (χ1) is 8.32. The van der Waals surface area contributed by atoms with Crippen LogP contribution in [0.15, 0.2) is 22.4 Å². The van der Waals surface area contributed by atoms with Crippen LogP contribution in [0.25, 0.3) is 0 Å². The number of halogens is 1. The van der Waals surface area contributed by atoms with Crippen LogP contribution >= 0.6 is 15.9 Å². The zero-order valence-corrected chi connectivity index (χ0v) is 13.4. The Bertz CT molecular complexity index is 384. The summed E-state index contributed by atoms with van der Waals surface area (Å²) in [5.41, 5.74) is 0.824. The van der Waals surface area contributed by atoms with Gasteiger partial charge in [0.15, 0.2) is 5.78 Å². The Balaban J connectivity index is 2.96. The van der Waals surface area contributed by atoms with Gasteiger partial charge in [-0.15, -0.1) is 6.58 Å². The Morgan fingerprint density at radius 1 is 1.61 bits per heavy atom. The molecule has 102 valence electrons. The average Bonchev–Trinajstić information content (AvgIpc) is 2.31. The summed E-state index contributed by atoms with van der Waals surface area (Å²) >= 11 is 3.41. The predicted octanol–water partition coefficient (Wildman–Crippen LogP) is 4.60. The van der Waals surface area contributed by atoms with Crippen LogP contribution in [0, 0.1) is 11.3 Å². The third kappa shape index (κ3) is 3.05. The molecule has 0 aliphatic heterocycles. The van der Waals surface area contributed by atoms with E-state index < -0.39 is 0 Å². The normalized spacial score (nSPS) is 28.5. The van der Waals surface area contributed by atoms with Gasteiger partial charge < -0.3 is 4.74 Å². The fourth-order valence-corrected chi connectivity index (χ4v) is 3.05. The molecule has 0 bridgehead atoms. The van der Waals surface area contributed by atoms with Crippen molar-refractivity contribution < 1.29 is 9.53 Å². The van der Waals surface area contributed by atoms with Gasteiger partial charge in [0.1, 0.15) is 5.76 Å². The van der Waals surface area contributed by atoms with Crippen LogP contribution in [-0.2, 0) is 9.53 Å². The van der Waals surface area contributed by atoms with E-state index >= 15 is 0 Å². The summed E-state index contributed by atoms with van der Waals surface area (Å²) < 4.78 is 6.18. The number of ether oxygens (including phenoxy) is 1. The summed E-state index contributed by atoms with van der Waals surface area (Å²) in [6, 6.07) is 0. The molecular weight excluding hydrogens is 292 g/mol. The number of ketones is 1. The molecule has 0 saturated carbocycles. The van der Waals surface area contributed by atoms with E-state index in [0.717, 1.165) is 30.6 Å². The van der Waals surface area contributed by atoms with E-state index in [-0.39, 0.29) is 11.2 Å². The van der Waals surface area contributed by atoms with E-state index in [2.05, 4.69) is 36.4 Å². The van der Waals surface area contributed by atoms with Crippen molar-refractivity contribution >= 4 is 21.7 Å². The van der Waals surface area contributed by atoms with Crippen molar-refractivity contribution in [2.24, 2.45) is 11.3 Å². The van der Waals surface area contributed by atoms with Gasteiger partial charge >= 0.3 is 0 Å². The summed E-state index contributed by atoms with van der Waals surface area (Å²) in [7, 11) is 0. The van der Waals surface area contributed by atoms with Crippen molar-refractivity contribution in [3.63, 3.8) is 0 Å². The fraction of sp³-hybridized carbons (Fsp3) is 0.667. The molecule has 0 radical (unpaired) electrons. The molecule has 0 spiro atoms. The molecule has 0 unspecified atom stereocenters. The monoisotopic (exact) mass is 314 g/mol. The summed E-state index contributed by atoms with van der Waals surface area (Å²) in [4.78, 5) is 12.5. The first-order valence-corrected chi connectivity index (χ1v) is 7.32. The highest BCUT2D eigenvalue weighted by Crippen LogP contribution is 2.46. The minimum atomic E-state index is -0.307. The molecule has 3 heteroatoms. The number of carbonyl (C=O) groups excluding carboxylic acids is 1. The lowest BCUT2D eigenvalue weighted by atomic mass is 9.66. The van der Waals surface area contributed by atoms with E-state index in [1.54, 1.807) is 0 Å². The van der Waals surface area contributed by atoms with Crippen LogP contribution in [0.5, 0.6) is 0 Å². The van der Waals surface area contributed by atoms with Crippen LogP contribution in [0.3, 0.4) is 0 Å². The largest absolute Gasteiger partial charge is 0.497 e. The molecule has 2 nitrogen and oxygen atoms in total. The number of hydrogen-bond donors (Lipinski definition) is 0. The van der Waals surface area contributed by atoms with Crippen molar-refractivity contribution in [1.82, 2.24) is 0 Å². The molecule has 18 heavy (non-hydrogen) atoms. The van der Waals surface area contributed by atoms with Crippen molar-refractivity contribution in [3.8, 4) is 0 Å². The minimum absolute atomic E-state index is 0.172. The Kier molecular flexibility index (Phi) is 5.20. The quantitative estimate of drug-likeness (QED) is 0.693. The molecule has 0 saturated heterocycles. The third-order valence-corrected chi connectivity index (χ3v) is 4.73. The summed E-state index contributed by atoms with van der Waals surface area (Å²) in [5.74, 6) is 1.28. The predicted molar refractivity (Wildman–Crippen MR) is 78.5 cm³/mol. The summed E-state index contributed by atoms with van der Waals surface area (Å²) in [5, 5.41) is 0. The van der Waals surface area contributed by atoms with E-state index in [1.165, 1.54) is 0 Å². The van der Waals surface area contributed by atoms with Gasteiger partial charge in [-0.3, -0.25) is 4.79 Å². The smallest absolute Gasteiger partial charge is 0.179 e. The van der Waals surface area contributed by atoms with E-state index in [9.17, 15) is 4.79 Å². The molecule has 0 aromatic rings. The first-order valence-electron chi connectivity index (χ1n) is 6.53. The molecule has 0 fully saturated rings. The van der Waals surface area contributed by atoms with E-state index in [0.29, 0.717) is 17.0 Å². The maximum Gasteiger partial charge on any atom is 0.179 e. The molecule has 2 atom stereocenters. The highest BCUT2D eigenvalue weighted by Gasteiger charge is 2.44. The van der Waals surface area contributed by atoms with Gasteiger partial charge in [0.05, 0.1) is 11.1 Å². The van der Waals surface area contributed by atoms with Crippen LogP contribution in [0.1, 0.15) is 47.0 Å². The molecule has 0 aromatic heterocycles. The summed E-state index contributed by atoms with van der Waals surface area (Å²) in [6.45, 7) is 12.7. The van der Waals surface area contributed by atoms with Gasteiger partial charge in [0.2, 0.25) is 0 Å². The van der Waals surface area contributed by atoms with Crippen LogP contribution in [-0.4, -0.2) is 12.4 Å². The van der Waals surface area contributed by atoms with Crippen LogP contribution in [0.4, 0.5) is 0 Å². The number of Topliss-reactive ketones (excluding diaryl/α,β-unsaturated/α-hetero) is 1. The second kappa shape index (κ2) is 6.05. The highest BCUT2D eigenvalue weighted by atomic mass is 79.9. The van der Waals surface area contributed by atoms with Gasteiger partial charge in [-0.2, -0.15) is 0 Å². The topological polar surface area (TPSA) is 26.3 Å². The first kappa shape index (κ1) is 15.5. The molecule has 0 aromatic carbocycles. The molecule has 0 amide bonds. The van der Waals surface area contributed by atoms with Crippen molar-refractivity contribution in [2.75, 3.05) is 6.61 Å². The zero-order chi connectivity index (χ0) is 13.9. The van der Waals surface area contributed by atoms with Gasteiger partial charge in [-0.25, -0.2) is 0 Å². The average molecular weight is 315 g/mol. The van der Waals surface area contributed by atoms with E-state index in [4.69, 9.17) is 4.74 Å². The number of allylic oxidation sites excluding steroid dienone is 3. The third-order valence-electron chi connectivity index (χ3n) is 3.93. The van der Waals surface area contributed by atoms with Gasteiger partial charge in [-0.1, -0.05) is 19.4 Å². The lowest BCUT2D eigenvalue weighted by molar-refractivity contribution is -0.127. The number of carbonyl (C=O) groups is 1. The SMILES string of the molecule is C=C(C)CC[C@]1(C)C(=O)C(Br)=C(OCC)C[C@H]1C. The Morgan fingerprint density at radius 2 is 2.22 bits per heavy atom. The lowest BCUT2D eigenvalue weighted by Gasteiger charge is -2.38. The molecule has 1 aliphatic carbocycles. The lowest BCUT2D eigenvalue weighted by Crippen LogP contribution is -2.39. The maximum absolute atomic E-state index is 12.5. The Morgan fingerprint density at radius 3 is 2.72 bits per heavy atom. The van der Waals surface area contributed by atoms with Gasteiger partial charge in [0, 0.05) is 11.8 Å². The van der Waals surface area contributed by atoms with Crippen LogP contribution in [0.2, 0.25) is 0 Å². The standard InChI is InChI=1S/C15H23BrO2/c1-6-18-12-9-11(4)15(5,8-7-10(2)3)14(17)13(12)16/h11H,2,6-9H2,1,3-5H3/t11-,15+/m1/s1. The van der Waals surface area contributed by atoms with Crippen molar-refractivity contribution in [2.45, 2.75) is 47.0 Å². The van der Waals surface area contributed by atoms with Crippen molar-refractivity contribution in [3.05, 3.63) is 22.4 Å². The fourth-order valence-electron chi connectivity index (χ4n) is 2.32. The number of hydrogen-bond acceptors (Lipinski definition) is 2. The maximum atomic E-state index is 12.5. The van der Waals surface area contributed by atoms with Crippen LogP contribution < -0.4 is 0 Å². The van der Waals surface area contributed by atoms with Gasteiger partial charge in [-0.05, 0) is 48.5 Å². The molecule has 0 N–H and O–H groups in total. The molecule has 1 rings (SSSR count). The van der Waals surface area contributed by atoms with E-state index in [1.807, 2.05) is 13.8 Å². The Labute approximate surface area is 119 Å². The molecule has 0 heterocycles. The highest BCUT2D eigenvalue weighted by molar-refractivity contribution is 9.12. The second-order valence-corrected chi connectivity index (χ2v) is 6.27. The number of rotatable bonds is 5. The second-order valence-electron chi connectivity index (χ2n) is 5.48. The van der Waals surface area contributed by atoms with Gasteiger partial charge in [0.25, 0.3) is 0 Å². The van der Waals surface area contributed by atoms with Crippen molar-refractivity contribution in [1.29, 1.82) is 0 Å². The summed E-state index contributed by atoms with van der Waals surface area (Å²) in [6.07, 6.45) is 2.58. The zero-order valence-electron chi connectivity index (χ0n) is 11.8. The Hall–Kier alpha value is -0.570. The minimum Gasteiger partial charge on any atom is -0.497 e.